The van der Waals surface area contributed by atoms with Gasteiger partial charge in [0.15, 0.2) is 0 Å². The van der Waals surface area contributed by atoms with E-state index in [1.165, 1.54) is 52.6 Å². The highest BCUT2D eigenvalue weighted by atomic mass is 32.2. The summed E-state index contributed by atoms with van der Waals surface area (Å²) in [5.74, 6) is 3.68. The van der Waals surface area contributed by atoms with Crippen LogP contribution in [0.1, 0.15) is 29.5 Å². The van der Waals surface area contributed by atoms with Crippen molar-refractivity contribution in [1.82, 2.24) is 4.90 Å². The lowest BCUT2D eigenvalue weighted by molar-refractivity contribution is 0.377. The fourth-order valence-electron chi connectivity index (χ4n) is 4.25. The summed E-state index contributed by atoms with van der Waals surface area (Å²) >= 11 is 2.08. The molecule has 1 N–H and O–H groups in total. The molecule has 27 heavy (non-hydrogen) atoms. The Labute approximate surface area is 167 Å². The van der Waals surface area contributed by atoms with Gasteiger partial charge in [0.1, 0.15) is 5.84 Å². The Bertz CT molecular complexity index is 822. The predicted molar refractivity (Wildman–Crippen MR) is 118 cm³/mol. The Balaban J connectivity index is 1.60. The topological polar surface area (TPSA) is 27.6 Å². The number of nitrogens with one attached hydrogen (secondary N) is 1. The van der Waals surface area contributed by atoms with Crippen LogP contribution >= 0.6 is 11.8 Å². The Morgan fingerprint density at radius 1 is 1.04 bits per heavy atom. The molecular formula is C23H29N3S. The lowest BCUT2D eigenvalue weighted by Crippen LogP contribution is -2.44. The van der Waals surface area contributed by atoms with E-state index in [0.29, 0.717) is 0 Å². The SMILES string of the molecule is CN(C)Cc1cccc(CN=C2Nc3ccccc3CC23CCSCC3)c1. The van der Waals surface area contributed by atoms with Crippen molar-refractivity contribution in [3.05, 3.63) is 65.2 Å². The quantitative estimate of drug-likeness (QED) is 0.825. The second-order valence-electron chi connectivity index (χ2n) is 8.07. The van der Waals surface area contributed by atoms with Crippen LogP contribution in [-0.4, -0.2) is 36.3 Å². The number of aliphatic imine (C=N–C) groups is 1. The van der Waals surface area contributed by atoms with Crippen molar-refractivity contribution >= 4 is 23.3 Å². The molecule has 0 radical (unpaired) electrons. The molecule has 1 spiro atoms. The summed E-state index contributed by atoms with van der Waals surface area (Å²) in [6, 6.07) is 17.6. The molecule has 2 aliphatic rings. The summed E-state index contributed by atoms with van der Waals surface area (Å²) in [6.45, 7) is 1.72. The van der Waals surface area contributed by atoms with Crippen LogP contribution in [0, 0.1) is 5.41 Å². The summed E-state index contributed by atoms with van der Waals surface area (Å²) in [7, 11) is 4.22. The Hall–Kier alpha value is -1.78. The fraction of sp³-hybridized carbons (Fsp3) is 0.435. The van der Waals surface area contributed by atoms with Crippen molar-refractivity contribution in [1.29, 1.82) is 0 Å². The lowest BCUT2D eigenvalue weighted by atomic mass is 9.73. The van der Waals surface area contributed by atoms with E-state index in [4.69, 9.17) is 4.99 Å². The number of thioether (sulfide) groups is 1. The number of anilines is 1. The maximum absolute atomic E-state index is 5.13. The number of hydrogen-bond donors (Lipinski definition) is 1. The minimum absolute atomic E-state index is 0.195. The molecule has 142 valence electrons. The van der Waals surface area contributed by atoms with E-state index in [0.717, 1.165) is 19.5 Å². The standard InChI is InChI=1S/C23H29N3S/c1-26(2)17-19-7-5-6-18(14-19)16-24-22-23(10-12-27-13-11-23)15-20-8-3-4-9-21(20)25-22/h3-9,14H,10-13,15-17H2,1-2H3,(H,24,25). The van der Waals surface area contributed by atoms with Crippen LogP contribution in [0.15, 0.2) is 53.5 Å². The molecule has 1 saturated heterocycles. The number of benzene rings is 2. The highest BCUT2D eigenvalue weighted by molar-refractivity contribution is 7.99. The molecular weight excluding hydrogens is 350 g/mol. The molecule has 2 heterocycles. The molecule has 2 aromatic carbocycles. The van der Waals surface area contributed by atoms with Crippen molar-refractivity contribution < 1.29 is 0 Å². The van der Waals surface area contributed by atoms with E-state index in [2.05, 4.69) is 84.6 Å². The van der Waals surface area contributed by atoms with Crippen LogP contribution in [0.25, 0.3) is 0 Å². The molecule has 0 bridgehead atoms. The first-order valence-electron chi connectivity index (χ1n) is 9.85. The van der Waals surface area contributed by atoms with Gasteiger partial charge in [-0.2, -0.15) is 11.8 Å². The van der Waals surface area contributed by atoms with Gasteiger partial charge >= 0.3 is 0 Å². The van der Waals surface area contributed by atoms with Crippen LogP contribution in [0.3, 0.4) is 0 Å². The zero-order valence-electron chi connectivity index (χ0n) is 16.4. The molecule has 2 aromatic rings. The summed E-state index contributed by atoms with van der Waals surface area (Å²) in [4.78, 5) is 7.34. The van der Waals surface area contributed by atoms with E-state index >= 15 is 0 Å². The first kappa shape index (κ1) is 18.6. The number of fused-ring (bicyclic) bond motifs is 1. The predicted octanol–water partition coefficient (Wildman–Crippen LogP) is 4.83. The molecule has 2 aliphatic heterocycles. The third kappa shape index (κ3) is 4.22. The van der Waals surface area contributed by atoms with Gasteiger partial charge in [-0.3, -0.25) is 4.99 Å². The maximum Gasteiger partial charge on any atom is 0.108 e. The van der Waals surface area contributed by atoms with Gasteiger partial charge in [0.2, 0.25) is 0 Å². The van der Waals surface area contributed by atoms with Crippen LogP contribution in [0.2, 0.25) is 0 Å². The van der Waals surface area contributed by atoms with E-state index in [1.54, 1.807) is 0 Å². The molecule has 0 aromatic heterocycles. The number of para-hydroxylation sites is 1. The van der Waals surface area contributed by atoms with Gasteiger partial charge in [-0.25, -0.2) is 0 Å². The summed E-state index contributed by atoms with van der Waals surface area (Å²) in [5, 5.41) is 3.71. The van der Waals surface area contributed by atoms with Crippen LogP contribution < -0.4 is 5.32 Å². The highest BCUT2D eigenvalue weighted by Crippen LogP contribution is 2.44. The van der Waals surface area contributed by atoms with Gasteiger partial charge in [0.05, 0.1) is 6.54 Å². The maximum atomic E-state index is 5.13. The van der Waals surface area contributed by atoms with Crippen LogP contribution in [0.5, 0.6) is 0 Å². The monoisotopic (exact) mass is 379 g/mol. The second kappa shape index (κ2) is 8.07. The van der Waals surface area contributed by atoms with Gasteiger partial charge in [-0.1, -0.05) is 42.5 Å². The third-order valence-corrected chi connectivity index (χ3v) is 6.65. The van der Waals surface area contributed by atoms with Gasteiger partial charge in [0, 0.05) is 17.6 Å². The third-order valence-electron chi connectivity index (χ3n) is 5.66. The molecule has 0 aliphatic carbocycles. The van der Waals surface area contributed by atoms with Crippen LogP contribution in [0.4, 0.5) is 5.69 Å². The molecule has 0 saturated carbocycles. The number of hydrogen-bond acceptors (Lipinski definition) is 3. The summed E-state index contributed by atoms with van der Waals surface area (Å²) in [5.41, 5.74) is 5.52. The molecule has 4 heteroatoms. The van der Waals surface area contributed by atoms with Gasteiger partial charge in [-0.05, 0) is 67.6 Å². The Kier molecular flexibility index (Phi) is 5.55. The zero-order valence-corrected chi connectivity index (χ0v) is 17.2. The second-order valence-corrected chi connectivity index (χ2v) is 9.30. The molecule has 0 unspecified atom stereocenters. The Morgan fingerprint density at radius 2 is 1.81 bits per heavy atom. The zero-order chi connectivity index (χ0) is 18.7. The first-order chi connectivity index (χ1) is 13.1. The number of amidine groups is 1. The minimum atomic E-state index is 0.195. The average Bonchev–Trinajstić information content (AvgIpc) is 2.67. The molecule has 0 amide bonds. The molecule has 1 fully saturated rings. The van der Waals surface area contributed by atoms with Crippen molar-refractivity contribution in [3.8, 4) is 0 Å². The number of nitrogens with zero attached hydrogens (tertiary/aromatic N) is 2. The summed E-state index contributed by atoms with van der Waals surface area (Å²) < 4.78 is 0. The van der Waals surface area contributed by atoms with Gasteiger partial charge in [-0.15, -0.1) is 0 Å². The largest absolute Gasteiger partial charge is 0.343 e. The smallest absolute Gasteiger partial charge is 0.108 e. The average molecular weight is 380 g/mol. The van der Waals surface area contributed by atoms with Gasteiger partial charge < -0.3 is 10.2 Å². The highest BCUT2D eigenvalue weighted by Gasteiger charge is 2.41. The lowest BCUT2D eigenvalue weighted by Gasteiger charge is -2.42. The van der Waals surface area contributed by atoms with Crippen LogP contribution in [-0.2, 0) is 19.5 Å². The number of rotatable bonds is 4. The van der Waals surface area contributed by atoms with E-state index in [9.17, 15) is 0 Å². The fourth-order valence-corrected chi connectivity index (χ4v) is 5.52. The molecule has 0 atom stereocenters. The van der Waals surface area contributed by atoms with Crippen molar-refractivity contribution in [2.75, 3.05) is 30.9 Å². The van der Waals surface area contributed by atoms with Crippen molar-refractivity contribution in [2.45, 2.75) is 32.4 Å². The molecule has 3 nitrogen and oxygen atoms in total. The van der Waals surface area contributed by atoms with Crippen molar-refractivity contribution in [3.63, 3.8) is 0 Å². The van der Waals surface area contributed by atoms with E-state index < -0.39 is 0 Å². The normalized spacial score (nSPS) is 19.9. The van der Waals surface area contributed by atoms with E-state index in [-0.39, 0.29) is 5.41 Å². The first-order valence-corrected chi connectivity index (χ1v) is 11.0. The Morgan fingerprint density at radius 3 is 2.63 bits per heavy atom. The summed E-state index contributed by atoms with van der Waals surface area (Å²) in [6.07, 6.45) is 3.56. The van der Waals surface area contributed by atoms with Gasteiger partial charge in [0.25, 0.3) is 0 Å². The van der Waals surface area contributed by atoms with Crippen molar-refractivity contribution in [2.24, 2.45) is 10.4 Å². The minimum Gasteiger partial charge on any atom is -0.343 e. The van der Waals surface area contributed by atoms with E-state index in [1.807, 2.05) is 0 Å². The molecule has 4 rings (SSSR count).